The molecule has 0 aromatic carbocycles. The molecule has 0 amide bonds. The molecule has 0 atom stereocenters. The molecule has 2 heterocycles. The maximum atomic E-state index is 5.89. The second-order valence-corrected chi connectivity index (χ2v) is 5.46. The second kappa shape index (κ2) is 4.65. The fourth-order valence-electron chi connectivity index (χ4n) is 1.35. The van der Waals surface area contributed by atoms with Crippen LogP contribution in [-0.4, -0.2) is 16.5 Å². The van der Waals surface area contributed by atoms with Crippen molar-refractivity contribution in [2.75, 3.05) is 6.54 Å². The van der Waals surface area contributed by atoms with Crippen molar-refractivity contribution in [3.05, 3.63) is 26.9 Å². The Hall–Kier alpha value is -0.360. The van der Waals surface area contributed by atoms with E-state index < -0.39 is 0 Å². The minimum atomic E-state index is 0.598. The van der Waals surface area contributed by atoms with Crippen LogP contribution in [0.5, 0.6) is 0 Å². The highest BCUT2D eigenvalue weighted by Crippen LogP contribution is 2.32. The van der Waals surface area contributed by atoms with Crippen LogP contribution in [0.1, 0.15) is 5.69 Å². The molecule has 0 spiro atoms. The number of hydrogen-bond acceptors (Lipinski definition) is 3. The molecule has 0 fully saturated rings. The number of rotatable bonds is 3. The fraction of sp³-hybridized carbons (Fsp3) is 0.222. The van der Waals surface area contributed by atoms with Gasteiger partial charge in [-0.3, -0.25) is 0 Å². The van der Waals surface area contributed by atoms with Gasteiger partial charge in [0, 0.05) is 12.1 Å². The summed E-state index contributed by atoms with van der Waals surface area (Å²) in [6.45, 7) is 0.598. The number of halogens is 2. The molecule has 0 saturated carbocycles. The topological polar surface area (TPSA) is 54.7 Å². The fourth-order valence-corrected chi connectivity index (χ4v) is 2.82. The normalized spacial score (nSPS) is 10.9. The van der Waals surface area contributed by atoms with Crippen LogP contribution in [0.2, 0.25) is 4.34 Å². The zero-order valence-corrected chi connectivity index (χ0v) is 10.9. The summed E-state index contributed by atoms with van der Waals surface area (Å²) in [7, 11) is 0. The number of aromatic nitrogens is 2. The zero-order chi connectivity index (χ0) is 10.8. The van der Waals surface area contributed by atoms with Crippen LogP contribution in [0, 0.1) is 0 Å². The molecule has 3 nitrogen and oxygen atoms in total. The van der Waals surface area contributed by atoms with Crippen LogP contribution in [0.25, 0.3) is 10.6 Å². The van der Waals surface area contributed by atoms with Gasteiger partial charge in [0.15, 0.2) is 4.73 Å². The average Bonchev–Trinajstić information content (AvgIpc) is 2.73. The smallest absolute Gasteiger partial charge is 0.175 e. The maximum Gasteiger partial charge on any atom is 0.175 e. The first-order valence-electron chi connectivity index (χ1n) is 4.41. The molecule has 0 aliphatic carbocycles. The first-order valence-corrected chi connectivity index (χ1v) is 6.39. The summed E-state index contributed by atoms with van der Waals surface area (Å²) in [4.78, 5) is 8.57. The lowest BCUT2D eigenvalue weighted by atomic mass is 10.2. The quantitative estimate of drug-likeness (QED) is 0.915. The Bertz CT molecular complexity index is 466. The molecule has 80 valence electrons. The lowest BCUT2D eigenvalue weighted by Crippen LogP contribution is -2.03. The van der Waals surface area contributed by atoms with Crippen LogP contribution >= 0.6 is 38.9 Å². The Morgan fingerprint density at radius 2 is 2.33 bits per heavy atom. The standard InChI is InChI=1S/C9H9BrClN3S/c10-9-13-5(3-4-12)8(14-9)6-1-2-7(11)15-6/h1-2H,3-4,12H2,(H,13,14). The highest BCUT2D eigenvalue weighted by atomic mass is 79.9. The number of H-pyrrole nitrogens is 1. The van der Waals surface area contributed by atoms with Gasteiger partial charge in [0.25, 0.3) is 0 Å². The SMILES string of the molecule is NCCc1[nH]c(Br)nc1-c1ccc(Cl)s1. The summed E-state index contributed by atoms with van der Waals surface area (Å²) in [5.74, 6) is 0. The van der Waals surface area contributed by atoms with Crippen LogP contribution in [-0.2, 0) is 6.42 Å². The number of imidazole rings is 1. The molecule has 0 bridgehead atoms. The molecule has 0 radical (unpaired) electrons. The molecule has 6 heteroatoms. The van der Waals surface area contributed by atoms with E-state index in [0.29, 0.717) is 6.54 Å². The summed E-state index contributed by atoms with van der Waals surface area (Å²) in [6, 6.07) is 3.84. The first kappa shape index (κ1) is 11.1. The van der Waals surface area contributed by atoms with Crippen molar-refractivity contribution < 1.29 is 0 Å². The van der Waals surface area contributed by atoms with E-state index in [1.807, 2.05) is 12.1 Å². The summed E-state index contributed by atoms with van der Waals surface area (Å²) in [5, 5.41) is 0. The summed E-state index contributed by atoms with van der Waals surface area (Å²) in [6.07, 6.45) is 0.781. The Morgan fingerprint density at radius 3 is 2.93 bits per heavy atom. The van der Waals surface area contributed by atoms with E-state index >= 15 is 0 Å². The van der Waals surface area contributed by atoms with E-state index in [4.69, 9.17) is 17.3 Å². The Kier molecular flexibility index (Phi) is 3.45. The molecule has 0 aliphatic rings. The minimum absolute atomic E-state index is 0.598. The maximum absolute atomic E-state index is 5.89. The van der Waals surface area contributed by atoms with Crippen LogP contribution < -0.4 is 5.73 Å². The number of nitrogens with one attached hydrogen (secondary N) is 1. The highest BCUT2D eigenvalue weighted by Gasteiger charge is 2.12. The Balaban J connectivity index is 2.42. The molecule has 2 aromatic rings. The predicted molar refractivity (Wildman–Crippen MR) is 67.4 cm³/mol. The van der Waals surface area contributed by atoms with Crippen LogP contribution in [0.4, 0.5) is 0 Å². The van der Waals surface area contributed by atoms with E-state index in [2.05, 4.69) is 25.9 Å². The number of thiophene rings is 1. The average molecular weight is 307 g/mol. The molecule has 3 N–H and O–H groups in total. The third kappa shape index (κ3) is 2.42. The van der Waals surface area contributed by atoms with E-state index in [1.54, 1.807) is 0 Å². The highest BCUT2D eigenvalue weighted by molar-refractivity contribution is 9.10. The van der Waals surface area contributed by atoms with E-state index in [9.17, 15) is 0 Å². The lowest BCUT2D eigenvalue weighted by molar-refractivity contribution is 0.934. The Labute approximate surface area is 105 Å². The van der Waals surface area contributed by atoms with E-state index in [1.165, 1.54) is 11.3 Å². The van der Waals surface area contributed by atoms with Gasteiger partial charge in [-0.15, -0.1) is 11.3 Å². The first-order chi connectivity index (χ1) is 7.20. The number of nitrogens with zero attached hydrogens (tertiary/aromatic N) is 1. The van der Waals surface area contributed by atoms with Gasteiger partial charge < -0.3 is 10.7 Å². The third-order valence-corrected chi connectivity index (χ3v) is 3.56. The number of aromatic amines is 1. The van der Waals surface area contributed by atoms with Crippen molar-refractivity contribution in [3.8, 4) is 10.6 Å². The zero-order valence-electron chi connectivity index (χ0n) is 7.76. The number of nitrogens with two attached hydrogens (primary N) is 1. The summed E-state index contributed by atoms with van der Waals surface area (Å²) < 4.78 is 1.49. The molecule has 2 rings (SSSR count). The second-order valence-electron chi connectivity index (χ2n) is 3.00. The van der Waals surface area contributed by atoms with Crippen molar-refractivity contribution in [3.63, 3.8) is 0 Å². The third-order valence-electron chi connectivity index (χ3n) is 1.95. The van der Waals surface area contributed by atoms with Crippen molar-refractivity contribution in [1.29, 1.82) is 0 Å². The van der Waals surface area contributed by atoms with Gasteiger partial charge in [-0.1, -0.05) is 11.6 Å². The largest absolute Gasteiger partial charge is 0.336 e. The molecule has 0 aliphatic heterocycles. The Morgan fingerprint density at radius 1 is 1.53 bits per heavy atom. The molecule has 2 aromatic heterocycles. The van der Waals surface area contributed by atoms with Gasteiger partial charge in [0.05, 0.1) is 9.21 Å². The minimum Gasteiger partial charge on any atom is -0.336 e. The number of hydrogen-bond donors (Lipinski definition) is 2. The summed E-state index contributed by atoms with van der Waals surface area (Å²) >= 11 is 10.7. The summed E-state index contributed by atoms with van der Waals surface area (Å²) in [5.41, 5.74) is 7.52. The van der Waals surface area contributed by atoms with Gasteiger partial charge >= 0.3 is 0 Å². The molecule has 15 heavy (non-hydrogen) atoms. The molecule has 0 unspecified atom stereocenters. The van der Waals surface area contributed by atoms with Gasteiger partial charge in [-0.05, 0) is 34.6 Å². The van der Waals surface area contributed by atoms with Crippen LogP contribution in [0.3, 0.4) is 0 Å². The molecular formula is C9H9BrClN3S. The van der Waals surface area contributed by atoms with Crippen molar-refractivity contribution >= 4 is 38.9 Å². The van der Waals surface area contributed by atoms with Crippen molar-refractivity contribution in [2.45, 2.75) is 6.42 Å². The van der Waals surface area contributed by atoms with Gasteiger partial charge in [0.2, 0.25) is 0 Å². The van der Waals surface area contributed by atoms with Gasteiger partial charge in [-0.25, -0.2) is 4.98 Å². The van der Waals surface area contributed by atoms with Gasteiger partial charge in [0.1, 0.15) is 5.69 Å². The van der Waals surface area contributed by atoms with Crippen LogP contribution in [0.15, 0.2) is 16.9 Å². The lowest BCUT2D eigenvalue weighted by Gasteiger charge is -1.96. The van der Waals surface area contributed by atoms with Crippen molar-refractivity contribution in [2.24, 2.45) is 5.73 Å². The monoisotopic (exact) mass is 305 g/mol. The van der Waals surface area contributed by atoms with E-state index in [-0.39, 0.29) is 0 Å². The molecule has 0 saturated heterocycles. The molecular weight excluding hydrogens is 298 g/mol. The van der Waals surface area contributed by atoms with Gasteiger partial charge in [-0.2, -0.15) is 0 Å². The van der Waals surface area contributed by atoms with E-state index in [0.717, 1.165) is 31.8 Å². The predicted octanol–water partition coefficient (Wildman–Crippen LogP) is 3.06. The van der Waals surface area contributed by atoms with Crippen molar-refractivity contribution in [1.82, 2.24) is 9.97 Å².